The molecule has 6 heteroatoms. The molecule has 0 fully saturated rings. The second kappa shape index (κ2) is 12.7. The summed E-state index contributed by atoms with van der Waals surface area (Å²) in [4.78, 5) is 13.0. The number of nitrogens with zero attached hydrogens (tertiary/aromatic N) is 3. The summed E-state index contributed by atoms with van der Waals surface area (Å²) in [7, 11) is 0. The van der Waals surface area contributed by atoms with Crippen LogP contribution in [0.1, 0.15) is 58.2 Å². The van der Waals surface area contributed by atoms with Gasteiger partial charge in [-0.05, 0) is 81.7 Å². The molecule has 264 valence electrons. The molecule has 9 aromatic rings. The van der Waals surface area contributed by atoms with Gasteiger partial charge in [0.2, 0.25) is 0 Å². The number of aryl methyl sites for hydroxylation is 1. The van der Waals surface area contributed by atoms with E-state index in [-0.39, 0.29) is 31.9 Å². The van der Waals surface area contributed by atoms with E-state index >= 15 is 0 Å². The molecule has 0 radical (unpaired) electrons. The molecule has 0 N–H and O–H groups in total. The van der Waals surface area contributed by atoms with Crippen LogP contribution in [0.5, 0.6) is 0 Å². The molecule has 5 aromatic carbocycles. The molecule has 0 aliphatic heterocycles. The van der Waals surface area contributed by atoms with Crippen molar-refractivity contribution in [3.63, 3.8) is 0 Å². The molecule has 0 saturated heterocycles. The molecule has 0 unspecified atom stereocenters. The van der Waals surface area contributed by atoms with Gasteiger partial charge in [-0.2, -0.15) is 0 Å². The average molecular weight is 873 g/mol. The van der Waals surface area contributed by atoms with Crippen LogP contribution in [0.2, 0.25) is 0 Å². The van der Waals surface area contributed by atoms with Gasteiger partial charge >= 0.3 is 21.1 Å². The Hall–Kier alpha value is -5.25. The van der Waals surface area contributed by atoms with Crippen molar-refractivity contribution in [1.29, 1.82) is 0 Å². The summed E-state index contributed by atoms with van der Waals surface area (Å²) < 4.78 is 13.3. The first-order chi connectivity index (χ1) is 24.9. The third-order valence-electron chi connectivity index (χ3n) is 10.0. The van der Waals surface area contributed by atoms with E-state index < -0.39 is 0 Å². The molecule has 0 amide bonds. The van der Waals surface area contributed by atoms with Crippen molar-refractivity contribution in [3.8, 4) is 11.3 Å². The molecule has 0 saturated carbocycles. The van der Waals surface area contributed by atoms with Gasteiger partial charge in [-0.1, -0.05) is 95.5 Å². The zero-order chi connectivity index (χ0) is 35.9. The van der Waals surface area contributed by atoms with Gasteiger partial charge in [0.1, 0.15) is 28.4 Å². The van der Waals surface area contributed by atoms with E-state index in [4.69, 9.17) is 18.8 Å². The normalized spacial score (nSPS) is 12.3. The van der Waals surface area contributed by atoms with Crippen molar-refractivity contribution < 1.29 is 29.9 Å². The molecular weight excluding hydrogens is 834 g/mol. The maximum absolute atomic E-state index is 6.78. The van der Waals surface area contributed by atoms with Crippen LogP contribution in [-0.2, 0) is 31.9 Å². The minimum Gasteiger partial charge on any atom is -0.472 e. The Balaban J connectivity index is 0.00000400. The van der Waals surface area contributed by atoms with Crippen LogP contribution in [0.3, 0.4) is 0 Å². The predicted octanol–water partition coefficient (Wildman–Crippen LogP) is 13.1. The molecule has 5 nitrogen and oxygen atoms in total. The summed E-state index contributed by atoms with van der Waals surface area (Å²) in [6.45, 7) is 15.5. The number of furan rings is 1. The molecule has 0 aliphatic rings. The van der Waals surface area contributed by atoms with Gasteiger partial charge in [0.25, 0.3) is 0 Å². The number of rotatable bonds is 4. The van der Waals surface area contributed by atoms with E-state index in [0.29, 0.717) is 11.1 Å². The maximum Gasteiger partial charge on any atom is 2.00 e. The van der Waals surface area contributed by atoms with Crippen molar-refractivity contribution in [2.24, 2.45) is 0 Å². The summed E-state index contributed by atoms with van der Waals surface area (Å²) in [5.74, 6) is 1.49. The van der Waals surface area contributed by atoms with Crippen molar-refractivity contribution in [3.05, 3.63) is 138 Å². The first-order valence-corrected chi connectivity index (χ1v) is 17.8. The quantitative estimate of drug-likeness (QED) is 0.165. The Kier molecular flexibility index (Phi) is 8.35. The number of pyridine rings is 2. The van der Waals surface area contributed by atoms with Gasteiger partial charge in [0.15, 0.2) is 0 Å². The van der Waals surface area contributed by atoms with E-state index in [1.54, 1.807) is 0 Å². The predicted molar refractivity (Wildman–Crippen MR) is 214 cm³/mol. The molecule has 0 atom stereocenters. The third-order valence-corrected chi connectivity index (χ3v) is 10.0. The molecule has 4 aromatic heterocycles. The van der Waals surface area contributed by atoms with Gasteiger partial charge in [0.05, 0.1) is 11.1 Å². The topological polar surface area (TPSA) is 55.3 Å². The fourth-order valence-corrected chi connectivity index (χ4v) is 7.20. The van der Waals surface area contributed by atoms with Crippen LogP contribution < -0.4 is 4.90 Å². The van der Waals surface area contributed by atoms with Gasteiger partial charge < -0.3 is 8.83 Å². The molecule has 0 bridgehead atoms. The SMILES string of the molecule is Cc1cc(N(c2ccccc2)c2cc(C(C)(C)C)cc(-c3[c-]ccc(C(C)(C)C)c3)n2)nc2c1oc1cccc3oc4c5ccccc5[c-]c2c4c13.[Pt+2]. The summed E-state index contributed by atoms with van der Waals surface area (Å²) in [5, 5.41) is 4.72. The van der Waals surface area contributed by atoms with Gasteiger partial charge in [-0.3, -0.25) is 14.9 Å². The monoisotopic (exact) mass is 872 g/mol. The van der Waals surface area contributed by atoms with Crippen LogP contribution in [0.25, 0.3) is 66.0 Å². The van der Waals surface area contributed by atoms with E-state index in [9.17, 15) is 0 Å². The zero-order valence-corrected chi connectivity index (χ0v) is 33.1. The standard InChI is InChI=1S/C47H39N3O2.Pt/c1-28-23-39(49-43-35-25-29-15-11-12-20-34(29)45-41(35)42-37(51-44(28)43)21-14-22-38(42)52-45)50(33-18-9-8-10-19-33)40-27-32(47(5,6)7)26-36(48-40)30-16-13-17-31(24-30)46(2,3)4;/h8-15,17-24,26-27H,1-7H3;/q-2;+2. The maximum atomic E-state index is 6.78. The fourth-order valence-electron chi connectivity index (χ4n) is 7.20. The Morgan fingerprint density at radius 2 is 1.32 bits per heavy atom. The first kappa shape index (κ1) is 34.8. The summed E-state index contributed by atoms with van der Waals surface area (Å²) in [5.41, 5.74) is 9.72. The largest absolute Gasteiger partial charge is 2.00 e. The van der Waals surface area contributed by atoms with Crippen LogP contribution in [-0.4, -0.2) is 9.97 Å². The number of fused-ring (bicyclic) bond motifs is 4. The minimum absolute atomic E-state index is 0. The summed E-state index contributed by atoms with van der Waals surface area (Å²) in [6.07, 6.45) is 0. The fraction of sp³-hybridized carbons (Fsp3) is 0.191. The van der Waals surface area contributed by atoms with Crippen molar-refractivity contribution in [1.82, 2.24) is 9.97 Å². The molecule has 0 spiro atoms. The summed E-state index contributed by atoms with van der Waals surface area (Å²) >= 11 is 0. The molecule has 53 heavy (non-hydrogen) atoms. The van der Waals surface area contributed by atoms with Gasteiger partial charge in [-0.15, -0.1) is 52.9 Å². The number of hydrogen-bond acceptors (Lipinski definition) is 5. The van der Waals surface area contributed by atoms with E-state index in [1.165, 1.54) is 11.1 Å². The zero-order valence-electron chi connectivity index (χ0n) is 30.9. The average Bonchev–Trinajstić information content (AvgIpc) is 3.46. The Labute approximate surface area is 323 Å². The molecule has 9 rings (SSSR count). The van der Waals surface area contributed by atoms with Crippen molar-refractivity contribution in [2.75, 3.05) is 4.90 Å². The van der Waals surface area contributed by atoms with Crippen molar-refractivity contribution in [2.45, 2.75) is 59.3 Å². The number of aromatic nitrogens is 2. The van der Waals surface area contributed by atoms with E-state index in [1.807, 2.05) is 42.5 Å². The number of benzene rings is 5. The Morgan fingerprint density at radius 1 is 0.642 bits per heavy atom. The van der Waals surface area contributed by atoms with Crippen LogP contribution in [0, 0.1) is 19.1 Å². The third kappa shape index (κ3) is 5.92. The van der Waals surface area contributed by atoms with Gasteiger partial charge in [0, 0.05) is 11.1 Å². The summed E-state index contributed by atoms with van der Waals surface area (Å²) in [6, 6.07) is 44.7. The molecule has 0 aliphatic carbocycles. The number of para-hydroxylation sites is 1. The smallest absolute Gasteiger partial charge is 0.472 e. The Bertz CT molecular complexity index is 2840. The first-order valence-electron chi connectivity index (χ1n) is 17.8. The number of hydrogen-bond donors (Lipinski definition) is 0. The van der Waals surface area contributed by atoms with Gasteiger partial charge in [-0.25, -0.2) is 0 Å². The van der Waals surface area contributed by atoms with Crippen LogP contribution >= 0.6 is 0 Å². The Morgan fingerprint density at radius 3 is 2.06 bits per heavy atom. The second-order valence-corrected chi connectivity index (χ2v) is 15.8. The van der Waals surface area contributed by atoms with Crippen LogP contribution in [0.4, 0.5) is 17.3 Å². The van der Waals surface area contributed by atoms with E-state index in [0.717, 1.165) is 77.8 Å². The second-order valence-electron chi connectivity index (χ2n) is 15.8. The minimum atomic E-state index is -0.147. The van der Waals surface area contributed by atoms with Crippen LogP contribution in [0.15, 0.2) is 118 Å². The van der Waals surface area contributed by atoms with Crippen molar-refractivity contribution >= 4 is 72.1 Å². The molecule has 4 heterocycles. The number of anilines is 3. The van der Waals surface area contributed by atoms with E-state index in [2.05, 4.69) is 132 Å². The molecular formula is C47H39N3O2Pt.